The summed E-state index contributed by atoms with van der Waals surface area (Å²) in [7, 11) is 1.32. The van der Waals surface area contributed by atoms with Crippen LogP contribution in [0.15, 0.2) is 48.6 Å². The second-order valence-electron chi connectivity index (χ2n) is 24.9. The maximum absolute atomic E-state index is 13.1. The third-order valence-electron chi connectivity index (χ3n) is 15.8. The Labute approximate surface area is 492 Å². The molecule has 0 radical (unpaired) electrons. The van der Waals surface area contributed by atoms with Crippen molar-refractivity contribution in [1.29, 1.82) is 0 Å². The number of aliphatic hydroxyl groups is 1. The lowest BCUT2D eigenvalue weighted by atomic mass is 10.0. The highest BCUT2D eigenvalue weighted by Crippen LogP contribution is 2.38. The number of nitrogens with one attached hydrogen (secondary N) is 1. The van der Waals surface area contributed by atoms with Gasteiger partial charge in [-0.2, -0.15) is 0 Å². The Balaban J connectivity index is 4.03. The summed E-state index contributed by atoms with van der Waals surface area (Å²) in [6, 6.07) is -0.803. The second-order valence-corrected chi connectivity index (χ2v) is 26.3. The SMILES string of the molecule is CC/C=C\C/C=C\C/C=C\C/C=C\CCCCCCCCCCCCCCCCCCC(=O)NC(COP(=O)([O-])OCC[N+](C)(C)C)C(O)CCCCCCCCCCCCCCCCCCCCCCCCCCCCCC. The number of hydrogen-bond donors (Lipinski definition) is 2. The zero-order valence-electron chi connectivity index (χ0n) is 53.3. The largest absolute Gasteiger partial charge is 0.756 e. The molecule has 3 atom stereocenters. The van der Waals surface area contributed by atoms with E-state index >= 15 is 0 Å². The molecule has 466 valence electrons. The van der Waals surface area contributed by atoms with Gasteiger partial charge in [-0.05, 0) is 51.4 Å². The minimum absolute atomic E-state index is 0.0130. The van der Waals surface area contributed by atoms with Gasteiger partial charge in [0.25, 0.3) is 7.82 Å². The molecule has 8 nitrogen and oxygen atoms in total. The normalized spacial score (nSPS) is 14.0. The molecule has 1 amide bonds. The van der Waals surface area contributed by atoms with Crippen molar-refractivity contribution >= 4 is 13.7 Å². The summed E-state index contributed by atoms with van der Waals surface area (Å²) in [4.78, 5) is 25.7. The van der Waals surface area contributed by atoms with Crippen LogP contribution in [-0.4, -0.2) is 68.5 Å². The number of nitrogens with zero attached hydrogens (tertiary/aromatic N) is 1. The number of rotatable bonds is 64. The number of phosphoric ester groups is 1. The fourth-order valence-electron chi connectivity index (χ4n) is 10.5. The molecule has 0 rings (SSSR count). The van der Waals surface area contributed by atoms with Crippen molar-refractivity contribution in [2.45, 2.75) is 353 Å². The summed E-state index contributed by atoms with van der Waals surface area (Å²) in [5.74, 6) is -0.160. The molecule has 0 saturated carbocycles. The van der Waals surface area contributed by atoms with E-state index in [0.29, 0.717) is 23.9 Å². The number of amides is 1. The lowest BCUT2D eigenvalue weighted by molar-refractivity contribution is -0.870. The molecule has 9 heteroatoms. The number of allylic oxidation sites excluding steroid dienone is 8. The van der Waals surface area contributed by atoms with Crippen molar-refractivity contribution in [1.82, 2.24) is 5.32 Å². The minimum atomic E-state index is -4.58. The monoisotopic (exact) mass is 1130 g/mol. The first kappa shape index (κ1) is 77.5. The Hall–Kier alpha value is -1.54. The predicted molar refractivity (Wildman–Crippen MR) is 344 cm³/mol. The maximum atomic E-state index is 13.1. The third kappa shape index (κ3) is 63.9. The summed E-state index contributed by atoms with van der Waals surface area (Å²) < 4.78 is 23.5. The molecule has 2 N–H and O–H groups in total. The van der Waals surface area contributed by atoms with E-state index in [1.165, 1.54) is 250 Å². The van der Waals surface area contributed by atoms with Crippen molar-refractivity contribution in [2.24, 2.45) is 0 Å². The standard InChI is InChI=1S/C70H135N2O6P/c1-6-8-10-12-14-16-18-20-22-24-26-28-30-32-34-36-38-40-42-44-46-48-50-52-54-56-58-60-62-64-70(74)71-68(67-78-79(75,76)77-66-65-72(3,4)5)69(73)63-61-59-57-55-53-51-49-47-45-43-41-39-37-35-33-31-29-27-25-23-21-19-17-15-13-11-9-7-2/h8,10,14,16,20,22,26,28,68-69,73H,6-7,9,11-13,15,17-19,21,23-25,27,29-67H2,1-5H3,(H-,71,74,75,76)/b10-8-,16-14-,22-20-,28-26-. The highest BCUT2D eigenvalue weighted by molar-refractivity contribution is 7.45. The molecule has 0 heterocycles. The van der Waals surface area contributed by atoms with Crippen LogP contribution >= 0.6 is 7.82 Å². The number of hydrogen-bond acceptors (Lipinski definition) is 6. The van der Waals surface area contributed by atoms with E-state index in [9.17, 15) is 19.4 Å². The van der Waals surface area contributed by atoms with Crippen LogP contribution in [0, 0.1) is 0 Å². The maximum Gasteiger partial charge on any atom is 0.268 e. The topological polar surface area (TPSA) is 108 Å². The lowest BCUT2D eigenvalue weighted by Gasteiger charge is -2.30. The van der Waals surface area contributed by atoms with Crippen molar-refractivity contribution in [3.05, 3.63) is 48.6 Å². The van der Waals surface area contributed by atoms with E-state index in [4.69, 9.17) is 9.05 Å². The van der Waals surface area contributed by atoms with E-state index in [-0.39, 0.29) is 19.1 Å². The predicted octanol–water partition coefficient (Wildman–Crippen LogP) is 21.2. The first-order chi connectivity index (χ1) is 38.5. The van der Waals surface area contributed by atoms with Crippen LogP contribution in [0.4, 0.5) is 0 Å². The summed E-state index contributed by atoms with van der Waals surface area (Å²) in [5.41, 5.74) is 0. The first-order valence-corrected chi connectivity index (χ1v) is 35.9. The van der Waals surface area contributed by atoms with Crippen LogP contribution in [0.2, 0.25) is 0 Å². The fourth-order valence-corrected chi connectivity index (χ4v) is 11.2. The summed E-state index contributed by atoms with van der Waals surface area (Å²) in [5, 5.41) is 14.1. The molecular weight excluding hydrogens is 996 g/mol. The highest BCUT2D eigenvalue weighted by atomic mass is 31.2. The number of likely N-dealkylation sites (N-methyl/N-ethyl adjacent to an activating group) is 1. The average molecular weight is 1130 g/mol. The number of phosphoric acid groups is 1. The van der Waals surface area contributed by atoms with Gasteiger partial charge < -0.3 is 28.8 Å². The Morgan fingerprint density at radius 1 is 0.456 bits per heavy atom. The van der Waals surface area contributed by atoms with Gasteiger partial charge in [0.2, 0.25) is 5.91 Å². The molecule has 0 aromatic rings. The molecule has 0 spiro atoms. The molecule has 3 unspecified atom stereocenters. The van der Waals surface area contributed by atoms with Gasteiger partial charge >= 0.3 is 0 Å². The van der Waals surface area contributed by atoms with Gasteiger partial charge in [0, 0.05) is 6.42 Å². The van der Waals surface area contributed by atoms with Crippen molar-refractivity contribution in [2.75, 3.05) is 40.9 Å². The Bertz CT molecular complexity index is 1430. The second kappa shape index (κ2) is 61.0. The molecule has 0 fully saturated rings. The van der Waals surface area contributed by atoms with Gasteiger partial charge in [-0.3, -0.25) is 9.36 Å². The van der Waals surface area contributed by atoms with Gasteiger partial charge in [-0.25, -0.2) is 0 Å². The third-order valence-corrected chi connectivity index (χ3v) is 16.8. The van der Waals surface area contributed by atoms with Gasteiger partial charge in [0.05, 0.1) is 39.9 Å². The first-order valence-electron chi connectivity index (χ1n) is 34.5. The van der Waals surface area contributed by atoms with Gasteiger partial charge in [0.1, 0.15) is 13.2 Å². The lowest BCUT2D eigenvalue weighted by Crippen LogP contribution is -2.46. The molecule has 79 heavy (non-hydrogen) atoms. The minimum Gasteiger partial charge on any atom is -0.756 e. The van der Waals surface area contributed by atoms with Crippen LogP contribution < -0.4 is 10.2 Å². The zero-order valence-corrected chi connectivity index (χ0v) is 54.2. The zero-order chi connectivity index (χ0) is 57.7. The number of aliphatic hydroxyl groups excluding tert-OH is 1. The van der Waals surface area contributed by atoms with E-state index in [1.54, 1.807) is 0 Å². The molecule has 0 aliphatic carbocycles. The molecule has 0 aromatic heterocycles. The number of carbonyl (C=O) groups excluding carboxylic acids is 1. The Morgan fingerprint density at radius 2 is 0.772 bits per heavy atom. The summed E-state index contributed by atoms with van der Waals surface area (Å²) in [6.07, 6.45) is 81.8. The van der Waals surface area contributed by atoms with Crippen LogP contribution in [0.1, 0.15) is 341 Å². The molecule has 0 aliphatic heterocycles. The van der Waals surface area contributed by atoms with Crippen LogP contribution in [0.3, 0.4) is 0 Å². The van der Waals surface area contributed by atoms with Crippen molar-refractivity contribution < 1.29 is 32.9 Å². The van der Waals surface area contributed by atoms with Crippen LogP contribution in [0.25, 0.3) is 0 Å². The van der Waals surface area contributed by atoms with Gasteiger partial charge in [-0.15, -0.1) is 0 Å². The summed E-state index contributed by atoms with van der Waals surface area (Å²) in [6.45, 7) is 4.66. The van der Waals surface area contributed by atoms with Crippen LogP contribution in [-0.2, 0) is 18.4 Å². The molecule has 0 aliphatic rings. The molecular formula is C70H135N2O6P. The Kier molecular flexibility index (Phi) is 59.8. The van der Waals surface area contributed by atoms with E-state index in [2.05, 4.69) is 67.8 Å². The van der Waals surface area contributed by atoms with Crippen molar-refractivity contribution in [3.8, 4) is 0 Å². The number of unbranched alkanes of at least 4 members (excludes halogenated alkanes) is 43. The molecule has 0 aromatic carbocycles. The van der Waals surface area contributed by atoms with E-state index < -0.39 is 20.0 Å². The van der Waals surface area contributed by atoms with Gasteiger partial charge in [0.15, 0.2) is 0 Å². The summed E-state index contributed by atoms with van der Waals surface area (Å²) >= 11 is 0. The molecule has 0 bridgehead atoms. The van der Waals surface area contributed by atoms with Crippen LogP contribution in [0.5, 0.6) is 0 Å². The van der Waals surface area contributed by atoms with Crippen molar-refractivity contribution in [3.63, 3.8) is 0 Å². The number of carbonyl (C=O) groups is 1. The molecule has 0 saturated heterocycles. The van der Waals surface area contributed by atoms with E-state index in [0.717, 1.165) is 64.2 Å². The highest BCUT2D eigenvalue weighted by Gasteiger charge is 2.24. The quantitative estimate of drug-likeness (QED) is 0.0272. The fraction of sp³-hybridized carbons (Fsp3) is 0.871. The average Bonchev–Trinajstić information content (AvgIpc) is 3.42. The van der Waals surface area contributed by atoms with Gasteiger partial charge in [-0.1, -0.05) is 332 Å². The smallest absolute Gasteiger partial charge is 0.268 e. The number of quaternary nitrogens is 1. The Morgan fingerprint density at radius 3 is 1.13 bits per heavy atom. The van der Waals surface area contributed by atoms with E-state index in [1.807, 2.05) is 21.1 Å².